The Bertz CT molecular complexity index is 713. The molecule has 2 nitrogen and oxygen atoms in total. The second-order valence-electron chi connectivity index (χ2n) is 5.38. The molecule has 0 aliphatic carbocycles. The summed E-state index contributed by atoms with van der Waals surface area (Å²) in [5, 5.41) is 0.312. The van der Waals surface area contributed by atoms with E-state index in [0.717, 1.165) is 0 Å². The number of hydrogen-bond acceptors (Lipinski definition) is 2. The molecular weight excluding hydrogens is 329 g/mol. The van der Waals surface area contributed by atoms with Crippen molar-refractivity contribution < 1.29 is 22.7 Å². The third-order valence-electron chi connectivity index (χ3n) is 4.03. The molecule has 1 fully saturated rings. The predicted octanol–water partition coefficient (Wildman–Crippen LogP) is 4.83. The molecule has 1 saturated heterocycles. The van der Waals surface area contributed by atoms with Gasteiger partial charge in [-0.25, -0.2) is 0 Å². The minimum atomic E-state index is -4.76. The maximum atomic E-state index is 14.0. The van der Waals surface area contributed by atoms with E-state index in [4.69, 9.17) is 16.3 Å². The zero-order valence-electron chi connectivity index (χ0n) is 11.8. The number of carbonyl (C=O) groups is 1. The van der Waals surface area contributed by atoms with Gasteiger partial charge in [0.05, 0.1) is 6.42 Å². The average Bonchev–Trinajstić information content (AvgIpc) is 2.87. The van der Waals surface area contributed by atoms with Crippen molar-refractivity contribution in [3.05, 3.63) is 70.7 Å². The van der Waals surface area contributed by atoms with Crippen molar-refractivity contribution in [2.45, 2.75) is 24.1 Å². The van der Waals surface area contributed by atoms with Crippen molar-refractivity contribution in [2.24, 2.45) is 0 Å². The van der Waals surface area contributed by atoms with Gasteiger partial charge < -0.3 is 4.74 Å². The van der Waals surface area contributed by atoms with Crippen molar-refractivity contribution in [3.63, 3.8) is 0 Å². The van der Waals surface area contributed by atoms with Gasteiger partial charge in [-0.05, 0) is 17.7 Å². The molecule has 2 aromatic carbocycles. The van der Waals surface area contributed by atoms with E-state index in [9.17, 15) is 18.0 Å². The van der Waals surface area contributed by atoms with Gasteiger partial charge in [-0.15, -0.1) is 0 Å². The van der Waals surface area contributed by atoms with E-state index in [-0.39, 0.29) is 12.0 Å². The fourth-order valence-electron chi connectivity index (χ4n) is 3.02. The molecule has 0 aromatic heterocycles. The Morgan fingerprint density at radius 3 is 2.22 bits per heavy atom. The second kappa shape index (κ2) is 5.57. The zero-order chi connectivity index (χ0) is 16.7. The lowest BCUT2D eigenvalue weighted by Gasteiger charge is -2.35. The van der Waals surface area contributed by atoms with Gasteiger partial charge in [-0.1, -0.05) is 54.1 Å². The third kappa shape index (κ3) is 2.59. The first-order valence-corrected chi connectivity index (χ1v) is 7.32. The van der Waals surface area contributed by atoms with Gasteiger partial charge >= 0.3 is 12.1 Å². The van der Waals surface area contributed by atoms with Crippen LogP contribution < -0.4 is 0 Å². The van der Waals surface area contributed by atoms with Crippen molar-refractivity contribution >= 4 is 17.6 Å². The summed E-state index contributed by atoms with van der Waals surface area (Å²) in [5.41, 5.74) is -2.42. The summed E-state index contributed by atoms with van der Waals surface area (Å²) in [6, 6.07) is 13.4. The number of ether oxygens (including phenoxy) is 1. The predicted molar refractivity (Wildman–Crippen MR) is 79.1 cm³/mol. The maximum absolute atomic E-state index is 14.0. The lowest BCUT2D eigenvalue weighted by atomic mass is 9.77. The number of cyclic esters (lactones) is 1. The molecule has 23 heavy (non-hydrogen) atoms. The zero-order valence-corrected chi connectivity index (χ0v) is 12.6. The number of carbonyl (C=O) groups excluding carboxylic acids is 1. The van der Waals surface area contributed by atoms with Crippen molar-refractivity contribution in [1.29, 1.82) is 0 Å². The van der Waals surface area contributed by atoms with Gasteiger partial charge in [0.1, 0.15) is 0 Å². The van der Waals surface area contributed by atoms with Gasteiger partial charge in [-0.2, -0.15) is 13.2 Å². The monoisotopic (exact) mass is 340 g/mol. The Morgan fingerprint density at radius 2 is 1.65 bits per heavy atom. The average molecular weight is 341 g/mol. The molecule has 0 spiro atoms. The highest BCUT2D eigenvalue weighted by molar-refractivity contribution is 6.30. The largest absolute Gasteiger partial charge is 0.444 e. The minimum Gasteiger partial charge on any atom is -0.444 e. The topological polar surface area (TPSA) is 26.3 Å². The molecule has 1 aliphatic heterocycles. The number of benzene rings is 2. The standard InChI is InChI=1S/C17H12ClF3O2/c18-13-8-6-12(7-9-13)16(17(19,20)21)14(10-15(22)23-16)11-4-2-1-3-5-11/h1-9,14H,10H2/t14-,16-/m0/s1. The van der Waals surface area contributed by atoms with Crippen LogP contribution >= 0.6 is 11.6 Å². The molecule has 2 atom stereocenters. The van der Waals surface area contributed by atoms with Crippen LogP contribution in [0.15, 0.2) is 54.6 Å². The quantitative estimate of drug-likeness (QED) is 0.732. The first-order chi connectivity index (χ1) is 10.8. The first kappa shape index (κ1) is 15.9. The first-order valence-electron chi connectivity index (χ1n) is 6.94. The Morgan fingerprint density at radius 1 is 1.04 bits per heavy atom. The highest BCUT2D eigenvalue weighted by atomic mass is 35.5. The van der Waals surface area contributed by atoms with E-state index in [1.807, 2.05) is 0 Å². The summed E-state index contributed by atoms with van der Waals surface area (Å²) in [7, 11) is 0. The van der Waals surface area contributed by atoms with E-state index in [0.29, 0.717) is 10.6 Å². The van der Waals surface area contributed by atoms with E-state index >= 15 is 0 Å². The van der Waals surface area contributed by atoms with Gasteiger partial charge in [-0.3, -0.25) is 4.79 Å². The number of halogens is 4. The Hall–Kier alpha value is -2.01. The summed E-state index contributed by atoms with van der Waals surface area (Å²) < 4.78 is 46.9. The Balaban J connectivity index is 2.21. The van der Waals surface area contributed by atoms with Gasteiger partial charge in [0.2, 0.25) is 5.60 Å². The van der Waals surface area contributed by atoms with Crippen LogP contribution in [0.3, 0.4) is 0 Å². The van der Waals surface area contributed by atoms with E-state index in [2.05, 4.69) is 0 Å². The smallest absolute Gasteiger partial charge is 0.433 e. The van der Waals surface area contributed by atoms with Crippen LogP contribution in [0.4, 0.5) is 13.2 Å². The highest BCUT2D eigenvalue weighted by Crippen LogP contribution is 2.56. The van der Waals surface area contributed by atoms with Crippen LogP contribution in [-0.4, -0.2) is 12.1 Å². The molecule has 6 heteroatoms. The van der Waals surface area contributed by atoms with E-state index < -0.39 is 23.7 Å². The van der Waals surface area contributed by atoms with Crippen LogP contribution in [0.2, 0.25) is 5.02 Å². The van der Waals surface area contributed by atoms with Crippen molar-refractivity contribution in [3.8, 4) is 0 Å². The van der Waals surface area contributed by atoms with Crippen molar-refractivity contribution in [1.82, 2.24) is 0 Å². The number of hydrogen-bond donors (Lipinski definition) is 0. The van der Waals surface area contributed by atoms with Crippen molar-refractivity contribution in [2.75, 3.05) is 0 Å². The summed E-state index contributed by atoms with van der Waals surface area (Å²) >= 11 is 5.77. The molecule has 0 unspecified atom stereocenters. The fraction of sp³-hybridized carbons (Fsp3) is 0.235. The number of alkyl halides is 3. The van der Waals surface area contributed by atoms with Crippen LogP contribution in [0.1, 0.15) is 23.5 Å². The number of esters is 1. The Kier molecular flexibility index (Phi) is 3.84. The van der Waals surface area contributed by atoms with Crippen LogP contribution in [0.25, 0.3) is 0 Å². The molecule has 0 N–H and O–H groups in total. The summed E-state index contributed by atoms with van der Waals surface area (Å²) in [6.07, 6.45) is -5.08. The molecule has 1 heterocycles. The molecule has 120 valence electrons. The summed E-state index contributed by atoms with van der Waals surface area (Å²) in [4.78, 5) is 11.8. The molecule has 0 saturated carbocycles. The molecule has 0 amide bonds. The fourth-order valence-corrected chi connectivity index (χ4v) is 3.14. The normalized spacial score (nSPS) is 24.5. The number of rotatable bonds is 2. The van der Waals surface area contributed by atoms with Crippen LogP contribution in [-0.2, 0) is 15.1 Å². The lowest BCUT2D eigenvalue weighted by Crippen LogP contribution is -2.46. The second-order valence-corrected chi connectivity index (χ2v) is 5.82. The lowest BCUT2D eigenvalue weighted by molar-refractivity contribution is -0.269. The maximum Gasteiger partial charge on any atom is 0.433 e. The van der Waals surface area contributed by atoms with E-state index in [1.165, 1.54) is 24.3 Å². The summed E-state index contributed by atoms with van der Waals surface area (Å²) in [5.74, 6) is -2.01. The molecular formula is C17H12ClF3O2. The SMILES string of the molecule is O=C1C[C@@H](c2ccccc2)[C@@](c2ccc(Cl)cc2)(C(F)(F)F)O1. The molecule has 0 radical (unpaired) electrons. The van der Waals surface area contributed by atoms with Gasteiger partial charge in [0, 0.05) is 16.5 Å². The molecule has 1 aliphatic rings. The summed E-state index contributed by atoms with van der Waals surface area (Å²) in [6.45, 7) is 0. The van der Waals surface area contributed by atoms with Crippen LogP contribution in [0.5, 0.6) is 0 Å². The minimum absolute atomic E-state index is 0.130. The molecule has 2 aromatic rings. The van der Waals surface area contributed by atoms with E-state index in [1.54, 1.807) is 30.3 Å². The Labute approximate surface area is 135 Å². The van der Waals surface area contributed by atoms with Crippen LogP contribution in [0, 0.1) is 0 Å². The molecule has 3 rings (SSSR count). The molecule has 0 bridgehead atoms. The highest BCUT2D eigenvalue weighted by Gasteiger charge is 2.67. The van der Waals surface area contributed by atoms with Gasteiger partial charge in [0.25, 0.3) is 0 Å². The third-order valence-corrected chi connectivity index (χ3v) is 4.28. The van der Waals surface area contributed by atoms with Gasteiger partial charge in [0.15, 0.2) is 0 Å².